The minimum Gasteiger partial charge on any atom is -0.489 e. The molecule has 2 aromatic rings. The fraction of sp³-hybridized carbons (Fsp3) is 0.391. The van der Waals surface area contributed by atoms with E-state index < -0.39 is 0 Å². The van der Waals surface area contributed by atoms with Crippen molar-refractivity contribution in [3.8, 4) is 5.75 Å². The lowest BCUT2D eigenvalue weighted by molar-refractivity contribution is 0.00578. The zero-order valence-electron chi connectivity index (χ0n) is 17.5. The van der Waals surface area contributed by atoms with Crippen LogP contribution in [-0.2, 0) is 15.9 Å². The molecular weight excluding hydrogens is 349 g/mol. The predicted octanol–water partition coefficient (Wildman–Crippen LogP) is 4.50. The van der Waals surface area contributed by atoms with E-state index >= 15 is 0 Å². The minimum atomic E-state index is -0.369. The molecule has 1 fully saturated rings. The van der Waals surface area contributed by atoms with Gasteiger partial charge in [0.25, 0.3) is 0 Å². The molecule has 4 nitrogen and oxygen atoms in total. The Balaban J connectivity index is 1.76. The highest BCUT2D eigenvalue weighted by molar-refractivity contribution is 6.55. The van der Waals surface area contributed by atoms with Gasteiger partial charge in [0.15, 0.2) is 0 Å². The molecule has 0 saturated carbocycles. The first-order chi connectivity index (χ1) is 13.3. The molecule has 148 valence electrons. The Hall–Kier alpha value is -2.08. The topological polar surface area (TPSA) is 39.7 Å². The molecule has 0 spiro atoms. The van der Waals surface area contributed by atoms with Crippen LogP contribution in [0, 0.1) is 0 Å². The van der Waals surface area contributed by atoms with Crippen LogP contribution in [0.4, 0.5) is 0 Å². The molecule has 0 radical (unpaired) electrons. The second-order valence-electron chi connectivity index (χ2n) is 8.18. The third kappa shape index (κ3) is 4.85. The van der Waals surface area contributed by atoms with Crippen LogP contribution >= 0.6 is 0 Å². The molecule has 3 rings (SSSR count). The largest absolute Gasteiger partial charge is 0.491 e. The van der Waals surface area contributed by atoms with Crippen molar-refractivity contribution in [2.24, 2.45) is 0 Å². The summed E-state index contributed by atoms with van der Waals surface area (Å²) in [5.74, 6) is 0.843. The number of hydrogen-bond acceptors (Lipinski definition) is 4. The second-order valence-corrected chi connectivity index (χ2v) is 8.18. The molecule has 0 amide bonds. The van der Waals surface area contributed by atoms with E-state index in [4.69, 9.17) is 14.0 Å². The number of ether oxygens (including phenoxy) is 1. The Bertz CT molecular complexity index is 802. The zero-order valence-corrected chi connectivity index (χ0v) is 17.5. The van der Waals surface area contributed by atoms with Gasteiger partial charge in [0.1, 0.15) is 12.4 Å². The maximum absolute atomic E-state index is 6.22. The van der Waals surface area contributed by atoms with E-state index in [2.05, 4.69) is 57.3 Å². The maximum Gasteiger partial charge on any atom is 0.491 e. The van der Waals surface area contributed by atoms with E-state index in [1.165, 1.54) is 0 Å². The lowest BCUT2D eigenvalue weighted by Crippen LogP contribution is -2.41. The zero-order chi connectivity index (χ0) is 20.2. The van der Waals surface area contributed by atoms with E-state index in [1.807, 2.05) is 43.4 Å². The van der Waals surface area contributed by atoms with E-state index in [1.54, 1.807) is 0 Å². The summed E-state index contributed by atoms with van der Waals surface area (Å²) in [6, 6.07) is 18.3. The fourth-order valence-electron chi connectivity index (χ4n) is 3.05. The van der Waals surface area contributed by atoms with Crippen molar-refractivity contribution >= 4 is 13.2 Å². The molecule has 0 aliphatic carbocycles. The summed E-state index contributed by atoms with van der Waals surface area (Å²) < 4.78 is 18.4. The number of nitrogens with one attached hydrogen (secondary N) is 1. The standard InChI is InChI=1S/C23H30BNO3/c1-22(2)23(3,4)28-24(27-22)20(16-25-5)14-19-12-9-13-21(15-19)26-17-18-10-7-6-8-11-18/h6-15,25H,16-17H2,1-5H3. The SMILES string of the molecule is CNCC(=Cc1cccc(OCc2ccccc2)c1)B1OC(C)(C)C(C)(C)O1. The van der Waals surface area contributed by atoms with Crippen molar-refractivity contribution in [3.05, 3.63) is 71.2 Å². The molecule has 1 aliphatic heterocycles. The van der Waals surface area contributed by atoms with Crippen molar-refractivity contribution in [1.82, 2.24) is 5.32 Å². The van der Waals surface area contributed by atoms with Gasteiger partial charge >= 0.3 is 7.12 Å². The van der Waals surface area contributed by atoms with Crippen molar-refractivity contribution in [3.63, 3.8) is 0 Å². The van der Waals surface area contributed by atoms with Crippen LogP contribution in [-0.4, -0.2) is 31.9 Å². The van der Waals surface area contributed by atoms with Gasteiger partial charge in [-0.25, -0.2) is 0 Å². The van der Waals surface area contributed by atoms with Crippen molar-refractivity contribution in [2.45, 2.75) is 45.5 Å². The quantitative estimate of drug-likeness (QED) is 0.719. The number of hydrogen-bond donors (Lipinski definition) is 1. The molecule has 5 heteroatoms. The summed E-state index contributed by atoms with van der Waals surface area (Å²) in [6.45, 7) is 9.52. The Morgan fingerprint density at radius 3 is 2.32 bits per heavy atom. The van der Waals surface area contributed by atoms with Crippen LogP contribution < -0.4 is 10.1 Å². The Kier molecular flexibility index (Phi) is 6.28. The molecule has 1 aliphatic rings. The summed E-state index contributed by atoms with van der Waals surface area (Å²) in [5, 5.41) is 3.22. The van der Waals surface area contributed by atoms with Crippen molar-refractivity contribution < 1.29 is 14.0 Å². The van der Waals surface area contributed by atoms with E-state index in [0.717, 1.165) is 22.3 Å². The Labute approximate surface area is 169 Å². The van der Waals surface area contributed by atoms with Crippen LogP contribution in [0.3, 0.4) is 0 Å². The van der Waals surface area contributed by atoms with Gasteiger partial charge in [0, 0.05) is 6.54 Å². The van der Waals surface area contributed by atoms with Crippen LogP contribution in [0.15, 0.2) is 60.1 Å². The Morgan fingerprint density at radius 2 is 1.68 bits per heavy atom. The highest BCUT2D eigenvalue weighted by atomic mass is 16.7. The number of benzene rings is 2. The van der Waals surface area contributed by atoms with Crippen molar-refractivity contribution in [1.29, 1.82) is 0 Å². The Morgan fingerprint density at radius 1 is 1.00 bits per heavy atom. The molecule has 2 aromatic carbocycles. The first kappa shape index (κ1) is 20.7. The first-order valence-corrected chi connectivity index (χ1v) is 9.78. The van der Waals surface area contributed by atoms with Gasteiger partial charge in [-0.15, -0.1) is 0 Å². The summed E-state index contributed by atoms with van der Waals surface area (Å²) in [5.41, 5.74) is 2.56. The molecule has 0 bridgehead atoms. The predicted molar refractivity (Wildman–Crippen MR) is 115 cm³/mol. The normalized spacial score (nSPS) is 18.3. The molecule has 28 heavy (non-hydrogen) atoms. The van der Waals surface area contributed by atoms with Crippen LogP contribution in [0.5, 0.6) is 5.75 Å². The van der Waals surface area contributed by atoms with Crippen LogP contribution in [0.25, 0.3) is 6.08 Å². The summed E-state index contributed by atoms with van der Waals surface area (Å²) in [4.78, 5) is 0. The van der Waals surface area contributed by atoms with Gasteiger partial charge in [-0.3, -0.25) is 0 Å². The second kappa shape index (κ2) is 8.52. The van der Waals surface area contributed by atoms with Gasteiger partial charge in [0.05, 0.1) is 11.2 Å². The first-order valence-electron chi connectivity index (χ1n) is 9.78. The van der Waals surface area contributed by atoms with Gasteiger partial charge < -0.3 is 19.4 Å². The monoisotopic (exact) mass is 379 g/mol. The summed E-state index contributed by atoms with van der Waals surface area (Å²) >= 11 is 0. The maximum atomic E-state index is 6.22. The van der Waals surface area contributed by atoms with Gasteiger partial charge in [0.2, 0.25) is 0 Å². The lowest BCUT2D eigenvalue weighted by Gasteiger charge is -2.32. The highest BCUT2D eigenvalue weighted by Crippen LogP contribution is 2.38. The summed E-state index contributed by atoms with van der Waals surface area (Å²) in [6.07, 6.45) is 2.12. The molecule has 1 heterocycles. The number of likely N-dealkylation sites (N-methyl/N-ethyl adjacent to an activating group) is 1. The van der Waals surface area contributed by atoms with Gasteiger partial charge in [-0.2, -0.15) is 0 Å². The van der Waals surface area contributed by atoms with Crippen LogP contribution in [0.2, 0.25) is 0 Å². The fourth-order valence-corrected chi connectivity index (χ4v) is 3.05. The highest BCUT2D eigenvalue weighted by Gasteiger charge is 2.52. The number of rotatable bonds is 7. The molecular formula is C23H30BNO3. The molecule has 0 unspecified atom stereocenters. The third-order valence-corrected chi connectivity index (χ3v) is 5.40. The van der Waals surface area contributed by atoms with Crippen molar-refractivity contribution in [2.75, 3.05) is 13.6 Å². The average Bonchev–Trinajstić information content (AvgIpc) is 2.88. The summed E-state index contributed by atoms with van der Waals surface area (Å²) in [7, 11) is 1.56. The van der Waals surface area contributed by atoms with Gasteiger partial charge in [-0.1, -0.05) is 48.5 Å². The molecule has 1 saturated heterocycles. The molecule has 0 aromatic heterocycles. The van der Waals surface area contributed by atoms with E-state index in [-0.39, 0.29) is 18.3 Å². The molecule has 1 N–H and O–H groups in total. The molecule has 0 atom stereocenters. The average molecular weight is 379 g/mol. The minimum absolute atomic E-state index is 0.356. The van der Waals surface area contributed by atoms with Gasteiger partial charge in [-0.05, 0) is 63.5 Å². The smallest absolute Gasteiger partial charge is 0.489 e. The van der Waals surface area contributed by atoms with Crippen LogP contribution in [0.1, 0.15) is 38.8 Å². The third-order valence-electron chi connectivity index (χ3n) is 5.40. The lowest BCUT2D eigenvalue weighted by atomic mass is 9.77. The van der Waals surface area contributed by atoms with E-state index in [9.17, 15) is 0 Å². The van der Waals surface area contributed by atoms with E-state index in [0.29, 0.717) is 13.2 Å².